The third-order valence-electron chi connectivity index (χ3n) is 3.86. The minimum atomic E-state index is -0.201. The molecule has 0 fully saturated rings. The molecule has 0 atom stereocenters. The van der Waals surface area contributed by atoms with Crippen molar-refractivity contribution < 1.29 is 4.74 Å². The molecule has 0 unspecified atom stereocenters. The van der Waals surface area contributed by atoms with E-state index in [1.54, 1.807) is 12.1 Å². The maximum atomic E-state index is 12.6. The second kappa shape index (κ2) is 7.13. The lowest BCUT2D eigenvalue weighted by Crippen LogP contribution is -2.23. The minimum absolute atomic E-state index is 0.114. The second-order valence-corrected chi connectivity index (χ2v) is 7.67. The molecule has 4 rings (SSSR count). The van der Waals surface area contributed by atoms with Crippen LogP contribution in [0.2, 0.25) is 5.02 Å². The molecule has 0 aliphatic rings. The lowest BCUT2D eigenvalue weighted by Gasteiger charge is -2.09. The fourth-order valence-corrected chi connectivity index (χ4v) is 3.73. The summed E-state index contributed by atoms with van der Waals surface area (Å²) in [6.07, 6.45) is 1.88. The highest BCUT2D eigenvalue weighted by Crippen LogP contribution is 2.21. The van der Waals surface area contributed by atoms with Crippen LogP contribution in [0.5, 0.6) is 5.75 Å². The van der Waals surface area contributed by atoms with Gasteiger partial charge in [-0.3, -0.25) is 4.79 Å². The Morgan fingerprint density at radius 2 is 1.89 bits per heavy atom. The van der Waals surface area contributed by atoms with Gasteiger partial charge in [0.05, 0.1) is 10.6 Å². The van der Waals surface area contributed by atoms with Gasteiger partial charge in [0.15, 0.2) is 5.82 Å². The summed E-state index contributed by atoms with van der Waals surface area (Å²) in [7, 11) is 0. The van der Waals surface area contributed by atoms with Gasteiger partial charge < -0.3 is 4.74 Å². The standard InChI is InChI=1S/C20H16ClN3O2S/c1-12(2)26-15-9-7-13(8-10-15)18-22-20-24(23-18)19(25)17(27-20)11-14-5-3-4-6-16(14)21/h3-12H,1-2H3/b17-11-. The highest BCUT2D eigenvalue weighted by molar-refractivity contribution is 7.15. The Kier molecular flexibility index (Phi) is 4.68. The molecule has 5 nitrogen and oxygen atoms in total. The molecular formula is C20H16ClN3O2S. The fourth-order valence-electron chi connectivity index (χ4n) is 2.64. The number of hydrogen-bond donors (Lipinski definition) is 0. The van der Waals surface area contributed by atoms with Gasteiger partial charge in [0.2, 0.25) is 4.96 Å². The first-order chi connectivity index (χ1) is 13.0. The van der Waals surface area contributed by atoms with Crippen LogP contribution in [0.25, 0.3) is 22.4 Å². The summed E-state index contributed by atoms with van der Waals surface area (Å²) >= 11 is 7.46. The largest absolute Gasteiger partial charge is 0.491 e. The zero-order valence-corrected chi connectivity index (χ0v) is 16.3. The molecule has 0 aliphatic carbocycles. The molecular weight excluding hydrogens is 382 g/mol. The Labute approximate surface area is 164 Å². The van der Waals surface area contributed by atoms with Crippen molar-refractivity contribution in [3.63, 3.8) is 0 Å². The number of nitrogens with zero attached hydrogens (tertiary/aromatic N) is 3. The molecule has 2 aromatic carbocycles. The molecule has 0 saturated carbocycles. The number of ether oxygens (including phenoxy) is 1. The van der Waals surface area contributed by atoms with E-state index in [0.29, 0.717) is 20.3 Å². The maximum Gasteiger partial charge on any atom is 0.291 e. The van der Waals surface area contributed by atoms with Gasteiger partial charge >= 0.3 is 0 Å². The van der Waals surface area contributed by atoms with E-state index in [-0.39, 0.29) is 11.7 Å². The van der Waals surface area contributed by atoms with Crippen molar-refractivity contribution in [2.24, 2.45) is 0 Å². The molecule has 0 bridgehead atoms. The molecule has 136 valence electrons. The van der Waals surface area contributed by atoms with Crippen molar-refractivity contribution in [3.8, 4) is 17.1 Å². The number of aromatic nitrogens is 3. The SMILES string of the molecule is CC(C)Oc1ccc(-c2nc3s/c(=C\c4ccccc4Cl)c(=O)n3n2)cc1. The molecule has 2 aromatic heterocycles. The molecule has 0 radical (unpaired) electrons. The van der Waals surface area contributed by atoms with Crippen molar-refractivity contribution in [1.82, 2.24) is 14.6 Å². The van der Waals surface area contributed by atoms with Crippen molar-refractivity contribution in [2.75, 3.05) is 0 Å². The van der Waals surface area contributed by atoms with Crippen LogP contribution in [0.4, 0.5) is 0 Å². The van der Waals surface area contributed by atoms with E-state index >= 15 is 0 Å². The number of benzene rings is 2. The van der Waals surface area contributed by atoms with Gasteiger partial charge in [-0.25, -0.2) is 0 Å². The van der Waals surface area contributed by atoms with Gasteiger partial charge in [-0.15, -0.1) is 5.10 Å². The van der Waals surface area contributed by atoms with Crippen LogP contribution in [-0.2, 0) is 0 Å². The monoisotopic (exact) mass is 397 g/mol. The second-order valence-electron chi connectivity index (χ2n) is 6.26. The topological polar surface area (TPSA) is 56.5 Å². The summed E-state index contributed by atoms with van der Waals surface area (Å²) in [6.45, 7) is 3.96. The van der Waals surface area contributed by atoms with Crippen LogP contribution in [-0.4, -0.2) is 20.7 Å². The van der Waals surface area contributed by atoms with E-state index in [1.165, 1.54) is 15.9 Å². The molecule has 7 heteroatoms. The Bertz CT molecular complexity index is 1210. The summed E-state index contributed by atoms with van der Waals surface area (Å²) in [5.74, 6) is 1.30. The van der Waals surface area contributed by atoms with Crippen LogP contribution < -0.4 is 14.8 Å². The zero-order chi connectivity index (χ0) is 19.0. The normalized spacial score (nSPS) is 12.2. The van der Waals surface area contributed by atoms with E-state index < -0.39 is 0 Å². The molecule has 0 saturated heterocycles. The zero-order valence-electron chi connectivity index (χ0n) is 14.7. The van der Waals surface area contributed by atoms with Gasteiger partial charge in [0.1, 0.15) is 5.75 Å². The van der Waals surface area contributed by atoms with E-state index in [2.05, 4.69) is 10.1 Å². The highest BCUT2D eigenvalue weighted by atomic mass is 35.5. The van der Waals surface area contributed by atoms with Gasteiger partial charge in [-0.05, 0) is 55.8 Å². The first-order valence-corrected chi connectivity index (χ1v) is 9.63. The van der Waals surface area contributed by atoms with Crippen molar-refractivity contribution >= 4 is 34.0 Å². The van der Waals surface area contributed by atoms with Crippen LogP contribution in [0, 0.1) is 0 Å². The average molecular weight is 398 g/mol. The maximum absolute atomic E-state index is 12.6. The Morgan fingerprint density at radius 3 is 2.56 bits per heavy atom. The lowest BCUT2D eigenvalue weighted by molar-refractivity contribution is 0.242. The predicted octanol–water partition coefficient (Wildman–Crippen LogP) is 3.81. The van der Waals surface area contributed by atoms with Crippen LogP contribution >= 0.6 is 22.9 Å². The first kappa shape index (κ1) is 17.7. The van der Waals surface area contributed by atoms with Crippen LogP contribution in [0.3, 0.4) is 0 Å². The Morgan fingerprint density at radius 1 is 1.15 bits per heavy atom. The van der Waals surface area contributed by atoms with E-state index in [1.807, 2.05) is 56.3 Å². The molecule has 27 heavy (non-hydrogen) atoms. The molecule has 0 aliphatic heterocycles. The van der Waals surface area contributed by atoms with Gasteiger partial charge in [-0.1, -0.05) is 41.1 Å². The van der Waals surface area contributed by atoms with Gasteiger partial charge in [0.25, 0.3) is 5.56 Å². The highest BCUT2D eigenvalue weighted by Gasteiger charge is 2.12. The summed E-state index contributed by atoms with van der Waals surface area (Å²) < 4.78 is 7.52. The fraction of sp³-hybridized carbons (Fsp3) is 0.150. The third kappa shape index (κ3) is 3.59. The van der Waals surface area contributed by atoms with E-state index in [4.69, 9.17) is 16.3 Å². The number of fused-ring (bicyclic) bond motifs is 1. The third-order valence-corrected chi connectivity index (χ3v) is 5.16. The first-order valence-electron chi connectivity index (χ1n) is 8.44. The Hall–Kier alpha value is -2.70. The minimum Gasteiger partial charge on any atom is -0.491 e. The summed E-state index contributed by atoms with van der Waals surface area (Å²) in [5.41, 5.74) is 1.42. The quantitative estimate of drug-likeness (QED) is 0.525. The predicted molar refractivity (Wildman–Crippen MR) is 109 cm³/mol. The van der Waals surface area contributed by atoms with Crippen molar-refractivity contribution in [3.05, 3.63) is 74.0 Å². The molecule has 0 amide bonds. The van der Waals surface area contributed by atoms with Crippen molar-refractivity contribution in [1.29, 1.82) is 0 Å². The average Bonchev–Trinajstić information content (AvgIpc) is 3.17. The number of rotatable bonds is 4. The van der Waals surface area contributed by atoms with E-state index in [0.717, 1.165) is 16.9 Å². The summed E-state index contributed by atoms with van der Waals surface area (Å²) in [6, 6.07) is 14.9. The number of hydrogen-bond acceptors (Lipinski definition) is 5. The van der Waals surface area contributed by atoms with Gasteiger partial charge in [0, 0.05) is 10.6 Å². The smallest absolute Gasteiger partial charge is 0.291 e. The summed E-state index contributed by atoms with van der Waals surface area (Å²) in [5, 5.41) is 4.96. The molecule has 4 aromatic rings. The van der Waals surface area contributed by atoms with Crippen LogP contribution in [0.15, 0.2) is 53.3 Å². The lowest BCUT2D eigenvalue weighted by atomic mass is 10.2. The Balaban J connectivity index is 1.71. The molecule has 0 N–H and O–H groups in total. The van der Waals surface area contributed by atoms with E-state index in [9.17, 15) is 4.79 Å². The number of thiazole rings is 1. The molecule has 0 spiro atoms. The molecule has 2 heterocycles. The van der Waals surface area contributed by atoms with Crippen LogP contribution in [0.1, 0.15) is 19.4 Å². The van der Waals surface area contributed by atoms with Gasteiger partial charge in [-0.2, -0.15) is 9.50 Å². The number of halogens is 1. The summed E-state index contributed by atoms with van der Waals surface area (Å²) in [4.78, 5) is 17.7. The van der Waals surface area contributed by atoms with Crippen molar-refractivity contribution in [2.45, 2.75) is 20.0 Å².